The molecule has 154 valence electrons. The maximum absolute atomic E-state index is 14.0. The average molecular weight is 419 g/mol. The van der Waals surface area contributed by atoms with Crippen molar-refractivity contribution in [2.75, 3.05) is 18.4 Å². The number of hydrogen-bond acceptors (Lipinski definition) is 7. The number of rotatable bonds is 5. The first-order chi connectivity index (χ1) is 13.0. The van der Waals surface area contributed by atoms with Crippen molar-refractivity contribution in [3.8, 4) is 10.7 Å². The Morgan fingerprint density at radius 1 is 1.29 bits per heavy atom. The van der Waals surface area contributed by atoms with Crippen LogP contribution in [0, 0.1) is 0 Å². The second-order valence-electron chi connectivity index (χ2n) is 7.33. The molecule has 1 aliphatic heterocycles. The number of aromatic nitrogens is 3. The van der Waals surface area contributed by atoms with Crippen LogP contribution in [0.4, 0.5) is 23.5 Å². The lowest BCUT2D eigenvalue weighted by atomic mass is 10.1. The van der Waals surface area contributed by atoms with Gasteiger partial charge in [-0.2, -0.15) is 13.2 Å². The van der Waals surface area contributed by atoms with Gasteiger partial charge in [0.05, 0.1) is 11.6 Å². The summed E-state index contributed by atoms with van der Waals surface area (Å²) in [6.45, 7) is 3.97. The molecule has 2 aromatic rings. The Labute approximate surface area is 163 Å². The number of halogens is 4. The van der Waals surface area contributed by atoms with E-state index in [1.165, 1.54) is 6.20 Å². The highest BCUT2D eigenvalue weighted by atomic mass is 32.1. The standard InChI is InChI=1S/C17H21F4N5OS/c1-16(2,27)5-9-6-23-14(28-9)13-10(17(19,20)21)7-24-15(26-13)25-12-3-4-22-8-11(12)18/h6-7,11-12,22,27H,3-5,8H2,1-2H3,(H,24,25,26). The first kappa shape index (κ1) is 20.9. The smallest absolute Gasteiger partial charge is 0.390 e. The Balaban J connectivity index is 1.93. The van der Waals surface area contributed by atoms with Gasteiger partial charge in [-0.25, -0.2) is 19.3 Å². The van der Waals surface area contributed by atoms with E-state index in [-0.39, 0.29) is 29.6 Å². The first-order valence-corrected chi connectivity index (χ1v) is 9.57. The molecule has 0 aliphatic carbocycles. The Morgan fingerprint density at radius 3 is 2.68 bits per heavy atom. The monoisotopic (exact) mass is 419 g/mol. The number of piperidine rings is 1. The first-order valence-electron chi connectivity index (χ1n) is 8.76. The van der Waals surface area contributed by atoms with Gasteiger partial charge < -0.3 is 15.7 Å². The molecule has 2 aromatic heterocycles. The molecule has 0 aromatic carbocycles. The highest BCUT2D eigenvalue weighted by Crippen LogP contribution is 2.38. The van der Waals surface area contributed by atoms with Gasteiger partial charge in [-0.15, -0.1) is 11.3 Å². The minimum absolute atomic E-state index is 0.0686. The van der Waals surface area contributed by atoms with Crippen molar-refractivity contribution >= 4 is 17.3 Å². The number of nitrogens with zero attached hydrogens (tertiary/aromatic N) is 3. The highest BCUT2D eigenvalue weighted by molar-refractivity contribution is 7.15. The van der Waals surface area contributed by atoms with Gasteiger partial charge >= 0.3 is 6.18 Å². The number of alkyl halides is 4. The summed E-state index contributed by atoms with van der Waals surface area (Å²) in [5, 5.41) is 15.7. The summed E-state index contributed by atoms with van der Waals surface area (Å²) in [6.07, 6.45) is -3.02. The van der Waals surface area contributed by atoms with E-state index in [1.807, 2.05) is 0 Å². The lowest BCUT2D eigenvalue weighted by Crippen LogP contribution is -2.45. The van der Waals surface area contributed by atoms with E-state index in [1.54, 1.807) is 13.8 Å². The highest BCUT2D eigenvalue weighted by Gasteiger charge is 2.37. The Bertz CT molecular complexity index is 821. The van der Waals surface area contributed by atoms with Crippen LogP contribution >= 0.6 is 11.3 Å². The van der Waals surface area contributed by atoms with E-state index >= 15 is 0 Å². The molecule has 1 aliphatic rings. The summed E-state index contributed by atoms with van der Waals surface area (Å²) in [4.78, 5) is 12.4. The van der Waals surface area contributed by atoms with Gasteiger partial charge in [0.25, 0.3) is 0 Å². The van der Waals surface area contributed by atoms with E-state index in [0.717, 1.165) is 11.3 Å². The lowest BCUT2D eigenvalue weighted by molar-refractivity contribution is -0.137. The third kappa shape index (κ3) is 5.15. The maximum atomic E-state index is 14.0. The van der Waals surface area contributed by atoms with Crippen molar-refractivity contribution in [3.05, 3.63) is 22.8 Å². The van der Waals surface area contributed by atoms with Crippen molar-refractivity contribution in [2.45, 2.75) is 50.7 Å². The fourth-order valence-corrected chi connectivity index (χ4v) is 4.03. The average Bonchev–Trinajstić information content (AvgIpc) is 3.02. The molecular weight excluding hydrogens is 398 g/mol. The van der Waals surface area contributed by atoms with E-state index < -0.39 is 29.6 Å². The molecule has 2 atom stereocenters. The minimum Gasteiger partial charge on any atom is -0.390 e. The summed E-state index contributed by atoms with van der Waals surface area (Å²) >= 11 is 1.03. The largest absolute Gasteiger partial charge is 0.420 e. The van der Waals surface area contributed by atoms with Crippen LogP contribution in [0.25, 0.3) is 10.7 Å². The molecule has 2 unspecified atom stereocenters. The molecule has 3 N–H and O–H groups in total. The molecule has 0 spiro atoms. The van der Waals surface area contributed by atoms with Crippen LogP contribution in [-0.4, -0.2) is 51.0 Å². The summed E-state index contributed by atoms with van der Waals surface area (Å²) in [6, 6.07) is -0.576. The van der Waals surface area contributed by atoms with Crippen LogP contribution in [0.2, 0.25) is 0 Å². The predicted molar refractivity (Wildman–Crippen MR) is 97.9 cm³/mol. The molecule has 28 heavy (non-hydrogen) atoms. The van der Waals surface area contributed by atoms with Crippen LogP contribution < -0.4 is 10.6 Å². The Morgan fingerprint density at radius 2 is 2.04 bits per heavy atom. The van der Waals surface area contributed by atoms with Crippen molar-refractivity contribution in [2.24, 2.45) is 0 Å². The number of nitrogens with one attached hydrogen (secondary N) is 2. The molecular formula is C17H21F4N5OS. The van der Waals surface area contributed by atoms with Crippen LogP contribution in [0.3, 0.4) is 0 Å². The number of aliphatic hydroxyl groups is 1. The number of anilines is 1. The topological polar surface area (TPSA) is 83.0 Å². The van der Waals surface area contributed by atoms with E-state index in [0.29, 0.717) is 24.0 Å². The van der Waals surface area contributed by atoms with Crippen LogP contribution in [0.5, 0.6) is 0 Å². The van der Waals surface area contributed by atoms with Crippen LogP contribution in [0.15, 0.2) is 12.4 Å². The van der Waals surface area contributed by atoms with Gasteiger partial charge in [-0.3, -0.25) is 0 Å². The molecule has 6 nitrogen and oxygen atoms in total. The molecule has 0 bridgehead atoms. The SMILES string of the molecule is CC(C)(O)Cc1cnc(-c2nc(NC3CCNCC3F)ncc2C(F)(F)F)s1. The third-order valence-electron chi connectivity index (χ3n) is 4.18. The number of hydrogen-bond donors (Lipinski definition) is 3. The second-order valence-corrected chi connectivity index (χ2v) is 8.45. The van der Waals surface area contributed by atoms with Crippen molar-refractivity contribution in [3.63, 3.8) is 0 Å². The van der Waals surface area contributed by atoms with Crippen LogP contribution in [-0.2, 0) is 12.6 Å². The fraction of sp³-hybridized carbons (Fsp3) is 0.588. The summed E-state index contributed by atoms with van der Waals surface area (Å²) < 4.78 is 54.3. The second kappa shape index (κ2) is 7.88. The van der Waals surface area contributed by atoms with Gasteiger partial charge in [-0.05, 0) is 26.8 Å². The summed E-state index contributed by atoms with van der Waals surface area (Å²) in [7, 11) is 0. The van der Waals surface area contributed by atoms with Gasteiger partial charge in [0.1, 0.15) is 22.4 Å². The van der Waals surface area contributed by atoms with Gasteiger partial charge in [0.2, 0.25) is 5.95 Å². The molecule has 1 fully saturated rings. The summed E-state index contributed by atoms with van der Waals surface area (Å²) in [5.41, 5.74) is -2.38. The summed E-state index contributed by atoms with van der Waals surface area (Å²) in [5.74, 6) is -0.0724. The van der Waals surface area contributed by atoms with Gasteiger partial charge in [0, 0.05) is 30.2 Å². The molecule has 0 amide bonds. The van der Waals surface area contributed by atoms with E-state index in [4.69, 9.17) is 0 Å². The van der Waals surface area contributed by atoms with Crippen LogP contribution in [0.1, 0.15) is 30.7 Å². The quantitative estimate of drug-likeness (QED) is 0.647. The molecule has 0 radical (unpaired) electrons. The Hall–Kier alpha value is -1.85. The normalized spacial score (nSPS) is 21.0. The van der Waals surface area contributed by atoms with E-state index in [9.17, 15) is 22.7 Å². The zero-order valence-corrected chi connectivity index (χ0v) is 16.2. The number of thiazole rings is 1. The predicted octanol–water partition coefficient (Wildman–Crippen LogP) is 3.04. The molecule has 0 saturated carbocycles. The molecule has 11 heteroatoms. The minimum atomic E-state index is -4.66. The van der Waals surface area contributed by atoms with Crippen molar-refractivity contribution in [1.82, 2.24) is 20.3 Å². The molecule has 3 heterocycles. The third-order valence-corrected chi connectivity index (χ3v) is 5.18. The lowest BCUT2D eigenvalue weighted by Gasteiger charge is -2.27. The molecule has 1 saturated heterocycles. The van der Waals surface area contributed by atoms with Gasteiger partial charge in [0.15, 0.2) is 0 Å². The van der Waals surface area contributed by atoms with Crippen molar-refractivity contribution in [1.29, 1.82) is 0 Å². The molecule has 3 rings (SSSR count). The van der Waals surface area contributed by atoms with E-state index in [2.05, 4.69) is 25.6 Å². The van der Waals surface area contributed by atoms with Crippen molar-refractivity contribution < 1.29 is 22.7 Å². The maximum Gasteiger partial charge on any atom is 0.420 e. The van der Waals surface area contributed by atoms with Gasteiger partial charge in [-0.1, -0.05) is 0 Å². The zero-order chi connectivity index (χ0) is 20.5. The zero-order valence-electron chi connectivity index (χ0n) is 15.3. The Kier molecular flexibility index (Phi) is 5.87. The fourth-order valence-electron chi connectivity index (χ4n) is 2.90.